The minimum absolute atomic E-state index is 0.138. The Kier molecular flexibility index (Phi) is 12.2. The molecule has 2 unspecified atom stereocenters. The van der Waals surface area contributed by atoms with Crippen molar-refractivity contribution in [3.05, 3.63) is 94.9 Å². The smallest absolute Gasteiger partial charge is 0.348 e. The summed E-state index contributed by atoms with van der Waals surface area (Å²) in [6.07, 6.45) is 12.0. The van der Waals surface area contributed by atoms with Crippen LogP contribution in [0.2, 0.25) is 0 Å². The zero-order valence-electron chi connectivity index (χ0n) is 30.8. The van der Waals surface area contributed by atoms with Gasteiger partial charge in [-0.25, -0.2) is 28.8 Å². The van der Waals surface area contributed by atoms with Crippen LogP contribution in [0.1, 0.15) is 52.4 Å². The van der Waals surface area contributed by atoms with Gasteiger partial charge in [0, 0.05) is 39.9 Å². The molecule has 3 fully saturated rings. The molecule has 0 aromatic carbocycles. The number of cyclic esters (lactones) is 2. The second-order valence-electron chi connectivity index (χ2n) is 12.8. The number of ether oxygens (including phenoxy) is 10. The SMILES string of the molecule is CCC1(COC)OC(=O)C(/C=C/C=C/C=C2C(=O)OC3(CCC4(CC3)OC(=O)C(=C/C=C/C=C/C3=C([O-])OC(CC)(COC)OC3=O)C(=O)O4)OC2=O)=C([O-])O1. The van der Waals surface area contributed by atoms with Gasteiger partial charge in [0.15, 0.2) is 11.6 Å². The molecule has 0 bridgehead atoms. The van der Waals surface area contributed by atoms with E-state index in [4.69, 9.17) is 47.4 Å². The highest BCUT2D eigenvalue weighted by Crippen LogP contribution is 2.45. The molecule has 1 saturated carbocycles. The Hall–Kier alpha value is -6.14. The summed E-state index contributed by atoms with van der Waals surface area (Å²) in [4.78, 5) is 76.1. The predicted octanol–water partition coefficient (Wildman–Crippen LogP) is 1.03. The van der Waals surface area contributed by atoms with Crippen LogP contribution in [-0.4, -0.2) is 86.4 Å². The monoisotopic (exact) mass is 782 g/mol. The maximum absolute atomic E-state index is 12.8. The van der Waals surface area contributed by atoms with Gasteiger partial charge in [-0.15, -0.1) is 0 Å². The average molecular weight is 783 g/mol. The summed E-state index contributed by atoms with van der Waals surface area (Å²) in [5, 5.41) is 24.8. The molecule has 0 amide bonds. The van der Waals surface area contributed by atoms with Gasteiger partial charge in [0.25, 0.3) is 11.6 Å². The number of hydrogen-bond acceptors (Lipinski definition) is 18. The third kappa shape index (κ3) is 8.71. The van der Waals surface area contributed by atoms with E-state index in [1.807, 2.05) is 0 Å². The molecule has 0 radical (unpaired) electrons. The highest BCUT2D eigenvalue weighted by molar-refractivity contribution is 6.16. The van der Waals surface area contributed by atoms with Crippen molar-refractivity contribution in [2.45, 2.75) is 75.5 Å². The van der Waals surface area contributed by atoms with Crippen molar-refractivity contribution in [1.29, 1.82) is 0 Å². The first-order valence-electron chi connectivity index (χ1n) is 17.4. The van der Waals surface area contributed by atoms with Gasteiger partial charge in [0.05, 0.1) is 36.3 Å². The predicted molar refractivity (Wildman–Crippen MR) is 179 cm³/mol. The van der Waals surface area contributed by atoms with Gasteiger partial charge in [-0.1, -0.05) is 50.3 Å². The van der Waals surface area contributed by atoms with Crippen LogP contribution in [0.4, 0.5) is 0 Å². The Labute approximate surface area is 319 Å². The summed E-state index contributed by atoms with van der Waals surface area (Å²) in [5.41, 5.74) is -1.63. The molecule has 18 heteroatoms. The summed E-state index contributed by atoms with van der Waals surface area (Å²) in [5.74, 6) is -14.0. The fourth-order valence-electron chi connectivity index (χ4n) is 5.96. The van der Waals surface area contributed by atoms with E-state index in [-0.39, 0.29) is 62.9 Å². The van der Waals surface area contributed by atoms with Crippen LogP contribution in [0.5, 0.6) is 0 Å². The Morgan fingerprint density at radius 3 is 1.12 bits per heavy atom. The van der Waals surface area contributed by atoms with E-state index in [1.54, 1.807) is 13.8 Å². The minimum atomic E-state index is -1.70. The van der Waals surface area contributed by atoms with E-state index in [9.17, 15) is 39.0 Å². The van der Waals surface area contributed by atoms with Crippen LogP contribution < -0.4 is 10.2 Å². The molecule has 0 aromatic heterocycles. The van der Waals surface area contributed by atoms with Crippen LogP contribution in [0.3, 0.4) is 0 Å². The van der Waals surface area contributed by atoms with Gasteiger partial charge >= 0.3 is 35.8 Å². The normalized spacial score (nSPS) is 29.8. The lowest BCUT2D eigenvalue weighted by molar-refractivity contribution is -0.403. The van der Waals surface area contributed by atoms with Crippen molar-refractivity contribution in [2.24, 2.45) is 0 Å². The Balaban J connectivity index is 1.14. The van der Waals surface area contributed by atoms with E-state index in [1.165, 1.54) is 50.7 Å². The molecule has 0 N–H and O–H groups in total. The number of methoxy groups -OCH3 is 2. The largest absolute Gasteiger partial charge is 0.573 e. The first-order chi connectivity index (χ1) is 26.7. The molecule has 2 spiro atoms. The lowest BCUT2D eigenvalue weighted by Crippen LogP contribution is -2.56. The quantitative estimate of drug-likeness (QED) is 0.0882. The van der Waals surface area contributed by atoms with Gasteiger partial charge in [-0.05, 0) is 37.1 Å². The zero-order valence-corrected chi connectivity index (χ0v) is 30.8. The minimum Gasteiger partial charge on any atom is -0.573 e. The molecule has 2 atom stereocenters. The van der Waals surface area contributed by atoms with E-state index >= 15 is 0 Å². The lowest BCUT2D eigenvalue weighted by Gasteiger charge is -2.45. The third-order valence-corrected chi connectivity index (χ3v) is 9.06. The molecule has 0 aromatic rings. The standard InChI is InChI=1S/C38H40O18/c1-5-35(21-47-3)49-27(39)23(28(40)50-35)13-9-7-11-15-25-31(43)53-37(54-32(25)44)17-19-38(20-18-37)55-33(45)26(34(46)56-38)16-12-8-10-14-24-29(41)51-36(6-2,22-48-4)52-30(24)42/h7-16,39,41H,5-6,17-22H2,1-4H3/p-2/b11-7+,12-8+,13-9+,14-10+,25-15?,26-16?. The van der Waals surface area contributed by atoms with Gasteiger partial charge in [0.2, 0.25) is 0 Å². The van der Waals surface area contributed by atoms with Gasteiger partial charge in [-0.2, -0.15) is 0 Å². The van der Waals surface area contributed by atoms with Crippen LogP contribution in [0.25, 0.3) is 0 Å². The third-order valence-electron chi connectivity index (χ3n) is 9.06. The Morgan fingerprint density at radius 2 is 0.839 bits per heavy atom. The van der Waals surface area contributed by atoms with Crippen molar-refractivity contribution >= 4 is 35.8 Å². The summed E-state index contributed by atoms with van der Waals surface area (Å²) < 4.78 is 52.9. The van der Waals surface area contributed by atoms with E-state index in [0.29, 0.717) is 0 Å². The average Bonchev–Trinajstić information content (AvgIpc) is 3.13. The van der Waals surface area contributed by atoms with Crippen molar-refractivity contribution in [3.63, 3.8) is 0 Å². The number of allylic oxidation sites excluding steroid dienone is 8. The van der Waals surface area contributed by atoms with E-state index in [0.717, 1.165) is 24.3 Å². The molecule has 18 nitrogen and oxygen atoms in total. The van der Waals surface area contributed by atoms with Crippen molar-refractivity contribution < 1.29 is 86.3 Å². The first-order valence-corrected chi connectivity index (χ1v) is 17.4. The fourth-order valence-corrected chi connectivity index (χ4v) is 5.96. The molecule has 5 aliphatic rings. The Morgan fingerprint density at radius 1 is 0.500 bits per heavy atom. The van der Waals surface area contributed by atoms with Gasteiger partial charge < -0.3 is 57.6 Å². The van der Waals surface area contributed by atoms with Crippen LogP contribution in [0, 0.1) is 0 Å². The summed E-state index contributed by atoms with van der Waals surface area (Å²) in [7, 11) is 2.74. The molecule has 4 aliphatic heterocycles. The topological polar surface area (TPSA) is 241 Å². The van der Waals surface area contributed by atoms with E-state index in [2.05, 4.69) is 0 Å². The highest BCUT2D eigenvalue weighted by Gasteiger charge is 2.56. The molecule has 5 rings (SSSR count). The molecular formula is C38H38O18-2. The highest BCUT2D eigenvalue weighted by atomic mass is 16.8. The molecular weight excluding hydrogens is 744 g/mol. The number of carbonyl (C=O) groups excluding carboxylic acids is 6. The zero-order chi connectivity index (χ0) is 40.7. The molecule has 2 saturated heterocycles. The summed E-state index contributed by atoms with van der Waals surface area (Å²) in [6, 6.07) is 0. The van der Waals surface area contributed by atoms with Crippen molar-refractivity contribution in [3.8, 4) is 0 Å². The van der Waals surface area contributed by atoms with Crippen molar-refractivity contribution in [2.75, 3.05) is 27.4 Å². The maximum Gasteiger partial charge on any atom is 0.348 e. The maximum atomic E-state index is 12.8. The van der Waals surface area contributed by atoms with Gasteiger partial charge in [0.1, 0.15) is 11.1 Å². The van der Waals surface area contributed by atoms with Crippen LogP contribution in [0.15, 0.2) is 94.9 Å². The fraction of sp³-hybridized carbons (Fsp3) is 0.421. The second-order valence-corrected chi connectivity index (χ2v) is 12.8. The van der Waals surface area contributed by atoms with Crippen LogP contribution >= 0.6 is 0 Å². The lowest BCUT2D eigenvalue weighted by atomic mass is 9.87. The number of hydrogen-bond donors (Lipinski definition) is 0. The molecule has 1 aliphatic carbocycles. The van der Waals surface area contributed by atoms with Crippen LogP contribution in [-0.2, 0) is 76.1 Å². The second kappa shape index (κ2) is 16.7. The molecule has 300 valence electrons. The summed E-state index contributed by atoms with van der Waals surface area (Å²) >= 11 is 0. The van der Waals surface area contributed by atoms with Gasteiger partial charge in [-0.3, -0.25) is 0 Å². The van der Waals surface area contributed by atoms with E-state index < -0.39 is 82.0 Å². The Bertz CT molecular complexity index is 1720. The number of rotatable bonds is 12. The number of esters is 6. The summed E-state index contributed by atoms with van der Waals surface area (Å²) in [6.45, 7) is 3.05. The molecule has 4 heterocycles. The molecule has 56 heavy (non-hydrogen) atoms. The first kappa shape index (κ1) is 41.0. The number of carbonyl (C=O) groups is 6. The van der Waals surface area contributed by atoms with Crippen molar-refractivity contribution in [1.82, 2.24) is 0 Å².